The number of carbonyl (C=O) groups is 1. The summed E-state index contributed by atoms with van der Waals surface area (Å²) in [5.74, 6) is 2.25. The fraction of sp³-hybridized carbons (Fsp3) is 0.312. The van der Waals surface area contributed by atoms with Crippen LogP contribution in [0.15, 0.2) is 66.7 Å². The number of aromatic nitrogens is 2. The summed E-state index contributed by atoms with van der Waals surface area (Å²) >= 11 is 0. The second-order valence-corrected chi connectivity index (χ2v) is 9.59. The van der Waals surface area contributed by atoms with Crippen molar-refractivity contribution in [2.45, 2.75) is 53.1 Å². The monoisotopic (exact) mass is 511 g/mol. The zero-order valence-corrected chi connectivity index (χ0v) is 23.0. The van der Waals surface area contributed by atoms with Gasteiger partial charge in [0.1, 0.15) is 5.82 Å². The van der Waals surface area contributed by atoms with E-state index in [1.165, 1.54) is 0 Å². The molecule has 1 heterocycles. The van der Waals surface area contributed by atoms with Crippen molar-refractivity contribution in [2.24, 2.45) is 0 Å². The molecule has 1 unspecified atom stereocenters. The fourth-order valence-electron chi connectivity index (χ4n) is 4.72. The van der Waals surface area contributed by atoms with Crippen LogP contribution in [-0.4, -0.2) is 29.2 Å². The SMILES string of the molecule is C/C=C/c1ccc(OCCCCn2c(C(C)NC(=O)c3ccc(C)cc3C)nc3ccccc32)c(OC)c1. The van der Waals surface area contributed by atoms with Gasteiger partial charge in [-0.15, -0.1) is 0 Å². The maximum absolute atomic E-state index is 13.1. The van der Waals surface area contributed by atoms with Crippen LogP contribution in [-0.2, 0) is 6.54 Å². The number of fused-ring (bicyclic) bond motifs is 1. The van der Waals surface area contributed by atoms with Gasteiger partial charge in [0.25, 0.3) is 5.91 Å². The number of methoxy groups -OCH3 is 1. The number of nitrogens with zero attached hydrogens (tertiary/aromatic N) is 2. The highest BCUT2D eigenvalue weighted by Crippen LogP contribution is 2.29. The van der Waals surface area contributed by atoms with E-state index in [4.69, 9.17) is 14.5 Å². The van der Waals surface area contributed by atoms with Gasteiger partial charge in [-0.05, 0) is 82.0 Å². The van der Waals surface area contributed by atoms with Gasteiger partial charge in [0.15, 0.2) is 11.5 Å². The Morgan fingerprint density at radius 1 is 1.05 bits per heavy atom. The first-order chi connectivity index (χ1) is 18.4. The van der Waals surface area contributed by atoms with Gasteiger partial charge in [0.05, 0.1) is 30.8 Å². The molecule has 0 aliphatic heterocycles. The predicted octanol–water partition coefficient (Wildman–Crippen LogP) is 7.05. The Kier molecular flexibility index (Phi) is 8.85. The lowest BCUT2D eigenvalue weighted by atomic mass is 10.0. The van der Waals surface area contributed by atoms with Gasteiger partial charge in [0.2, 0.25) is 0 Å². The third kappa shape index (κ3) is 6.25. The molecule has 3 aromatic carbocycles. The number of nitrogens with one attached hydrogen (secondary N) is 1. The van der Waals surface area contributed by atoms with Crippen molar-refractivity contribution in [3.05, 3.63) is 94.8 Å². The highest BCUT2D eigenvalue weighted by molar-refractivity contribution is 5.96. The van der Waals surface area contributed by atoms with Crippen LogP contribution in [0.4, 0.5) is 0 Å². The summed E-state index contributed by atoms with van der Waals surface area (Å²) in [6.45, 7) is 9.34. The maximum atomic E-state index is 13.1. The van der Waals surface area contributed by atoms with Crippen molar-refractivity contribution < 1.29 is 14.3 Å². The minimum atomic E-state index is -0.244. The molecule has 1 atom stereocenters. The maximum Gasteiger partial charge on any atom is 0.252 e. The summed E-state index contributed by atoms with van der Waals surface area (Å²) in [6, 6.07) is 19.7. The normalized spacial score (nSPS) is 12.1. The summed E-state index contributed by atoms with van der Waals surface area (Å²) in [5, 5.41) is 3.16. The molecule has 0 aliphatic rings. The Hall–Kier alpha value is -4.06. The average molecular weight is 512 g/mol. The van der Waals surface area contributed by atoms with E-state index in [1.54, 1.807) is 7.11 Å². The predicted molar refractivity (Wildman–Crippen MR) is 154 cm³/mol. The van der Waals surface area contributed by atoms with Gasteiger partial charge in [-0.2, -0.15) is 0 Å². The number of allylic oxidation sites excluding steroid dienone is 1. The second-order valence-electron chi connectivity index (χ2n) is 9.59. The second kappa shape index (κ2) is 12.5. The largest absolute Gasteiger partial charge is 0.493 e. The number of hydrogen-bond donors (Lipinski definition) is 1. The van der Waals surface area contributed by atoms with E-state index in [0.717, 1.165) is 64.4 Å². The number of imidazole rings is 1. The molecule has 1 N–H and O–H groups in total. The van der Waals surface area contributed by atoms with E-state index >= 15 is 0 Å². The number of ether oxygens (including phenoxy) is 2. The van der Waals surface area contributed by atoms with Crippen molar-refractivity contribution >= 4 is 23.0 Å². The third-order valence-corrected chi connectivity index (χ3v) is 6.63. The molecule has 0 spiro atoms. The Morgan fingerprint density at radius 2 is 1.87 bits per heavy atom. The van der Waals surface area contributed by atoms with E-state index in [2.05, 4.69) is 16.0 Å². The van der Waals surface area contributed by atoms with Crippen LogP contribution in [0.1, 0.15) is 65.6 Å². The molecule has 0 saturated heterocycles. The Balaban J connectivity index is 1.42. The number of hydrogen-bond acceptors (Lipinski definition) is 4. The first kappa shape index (κ1) is 27.0. The van der Waals surface area contributed by atoms with Gasteiger partial charge in [0, 0.05) is 12.1 Å². The van der Waals surface area contributed by atoms with E-state index in [0.29, 0.717) is 12.2 Å². The fourth-order valence-corrected chi connectivity index (χ4v) is 4.72. The molecule has 0 radical (unpaired) electrons. The molecule has 6 heteroatoms. The summed E-state index contributed by atoms with van der Waals surface area (Å²) in [7, 11) is 1.66. The highest BCUT2D eigenvalue weighted by atomic mass is 16.5. The van der Waals surface area contributed by atoms with Gasteiger partial charge in [-0.25, -0.2) is 4.98 Å². The minimum absolute atomic E-state index is 0.0867. The van der Waals surface area contributed by atoms with Gasteiger partial charge < -0.3 is 19.4 Å². The summed E-state index contributed by atoms with van der Waals surface area (Å²) < 4.78 is 13.8. The number of para-hydroxylation sites is 2. The molecule has 0 saturated carbocycles. The van der Waals surface area contributed by atoms with Crippen LogP contribution < -0.4 is 14.8 Å². The number of unbranched alkanes of at least 4 members (excludes halogenated alkanes) is 1. The zero-order valence-electron chi connectivity index (χ0n) is 23.0. The Bertz CT molecular complexity index is 1440. The first-order valence-corrected chi connectivity index (χ1v) is 13.2. The quantitative estimate of drug-likeness (QED) is 0.219. The van der Waals surface area contributed by atoms with Gasteiger partial charge in [-0.3, -0.25) is 4.79 Å². The number of benzene rings is 3. The van der Waals surface area contributed by atoms with Crippen molar-refractivity contribution in [1.82, 2.24) is 14.9 Å². The standard InChI is InChI=1S/C32H37N3O3/c1-6-11-25-15-17-29(30(21-25)37-5)38-19-10-9-18-35-28-13-8-7-12-27(28)34-31(35)24(4)33-32(36)26-16-14-22(2)20-23(26)3/h6-8,11-17,20-21,24H,9-10,18-19H2,1-5H3,(H,33,36)/b11-6+. The molecule has 1 amide bonds. The average Bonchev–Trinajstić information content (AvgIpc) is 3.28. The van der Waals surface area contributed by atoms with Gasteiger partial charge >= 0.3 is 0 Å². The van der Waals surface area contributed by atoms with Crippen molar-refractivity contribution in [3.63, 3.8) is 0 Å². The number of aryl methyl sites for hydroxylation is 3. The summed E-state index contributed by atoms with van der Waals surface area (Å²) in [4.78, 5) is 17.9. The topological polar surface area (TPSA) is 65.4 Å². The van der Waals surface area contributed by atoms with Crippen molar-refractivity contribution in [2.75, 3.05) is 13.7 Å². The zero-order chi connectivity index (χ0) is 27.1. The molecule has 6 nitrogen and oxygen atoms in total. The number of carbonyl (C=O) groups excluding carboxylic acids is 1. The smallest absolute Gasteiger partial charge is 0.252 e. The van der Waals surface area contributed by atoms with Crippen molar-refractivity contribution in [1.29, 1.82) is 0 Å². The molecule has 0 fully saturated rings. The van der Waals surface area contributed by atoms with Crippen LogP contribution in [0, 0.1) is 13.8 Å². The number of amides is 1. The Labute approximate surface area is 225 Å². The first-order valence-electron chi connectivity index (χ1n) is 13.2. The minimum Gasteiger partial charge on any atom is -0.493 e. The van der Waals surface area contributed by atoms with Crippen molar-refractivity contribution in [3.8, 4) is 11.5 Å². The molecule has 1 aromatic heterocycles. The van der Waals surface area contributed by atoms with Gasteiger partial charge in [-0.1, -0.05) is 48.0 Å². The molecule has 198 valence electrons. The molecule has 4 rings (SSSR count). The molecule has 0 aliphatic carbocycles. The van der Waals surface area contributed by atoms with E-state index < -0.39 is 0 Å². The van der Waals surface area contributed by atoms with Crippen LogP contribution >= 0.6 is 0 Å². The van der Waals surface area contributed by atoms with Crippen LogP contribution in [0.25, 0.3) is 17.1 Å². The molecular weight excluding hydrogens is 474 g/mol. The summed E-state index contributed by atoms with van der Waals surface area (Å²) in [6.07, 6.45) is 5.81. The van der Waals surface area contributed by atoms with Crippen LogP contribution in [0.3, 0.4) is 0 Å². The van der Waals surface area contributed by atoms with E-state index in [9.17, 15) is 4.79 Å². The molecule has 38 heavy (non-hydrogen) atoms. The van der Waals surface area contributed by atoms with Crippen LogP contribution in [0.2, 0.25) is 0 Å². The summed E-state index contributed by atoms with van der Waals surface area (Å²) in [5.41, 5.74) is 5.87. The lowest BCUT2D eigenvalue weighted by Gasteiger charge is -2.17. The lowest BCUT2D eigenvalue weighted by Crippen LogP contribution is -2.29. The van der Waals surface area contributed by atoms with E-state index in [1.807, 2.05) is 94.4 Å². The molecular formula is C32H37N3O3. The van der Waals surface area contributed by atoms with E-state index in [-0.39, 0.29) is 11.9 Å². The lowest BCUT2D eigenvalue weighted by molar-refractivity contribution is 0.0937. The highest BCUT2D eigenvalue weighted by Gasteiger charge is 2.20. The van der Waals surface area contributed by atoms with Crippen LogP contribution in [0.5, 0.6) is 11.5 Å². The molecule has 0 bridgehead atoms. The Morgan fingerprint density at radius 3 is 2.63 bits per heavy atom. The molecule has 4 aromatic rings. The number of rotatable bonds is 11. The third-order valence-electron chi connectivity index (χ3n) is 6.63.